The molecule has 33 heavy (non-hydrogen) atoms. The summed E-state index contributed by atoms with van der Waals surface area (Å²) >= 11 is 0. The van der Waals surface area contributed by atoms with Gasteiger partial charge < -0.3 is 20.1 Å². The predicted octanol–water partition coefficient (Wildman–Crippen LogP) is 2.62. The molecule has 1 aromatic carbocycles. The molecule has 3 rings (SSSR count). The number of esters is 1. The molecular formula is C26H36N2O5. The second kappa shape index (κ2) is 12.5. The standard InChI is InChI=1S/C26H36N2O5/c1-19(17-29)27-24(30)16-21-11-6-3-7-12-22(15-20-9-4-2-5-10-20)26(32)33-18-23-13-8-14-28(23)25(21)31/h2-6,9-10,19,21-23,29H,7-8,11-18H2,1H3,(H,27,30). The van der Waals surface area contributed by atoms with E-state index in [9.17, 15) is 19.5 Å². The highest BCUT2D eigenvalue weighted by molar-refractivity contribution is 5.86. The van der Waals surface area contributed by atoms with Gasteiger partial charge in [-0.3, -0.25) is 14.4 Å². The lowest BCUT2D eigenvalue weighted by Gasteiger charge is -2.28. The first-order valence-corrected chi connectivity index (χ1v) is 12.0. The number of nitrogens with one attached hydrogen (secondary N) is 1. The van der Waals surface area contributed by atoms with Crippen LogP contribution in [0.25, 0.3) is 0 Å². The summed E-state index contributed by atoms with van der Waals surface area (Å²) in [5, 5.41) is 11.9. The van der Waals surface area contributed by atoms with Crippen molar-refractivity contribution < 1.29 is 24.2 Å². The summed E-state index contributed by atoms with van der Waals surface area (Å²) in [6, 6.07) is 9.45. The van der Waals surface area contributed by atoms with Gasteiger partial charge in [-0.05, 0) is 51.0 Å². The van der Waals surface area contributed by atoms with Crippen molar-refractivity contribution in [1.29, 1.82) is 0 Å². The van der Waals surface area contributed by atoms with Gasteiger partial charge in [0.05, 0.1) is 24.5 Å². The molecule has 180 valence electrons. The van der Waals surface area contributed by atoms with Gasteiger partial charge in [-0.15, -0.1) is 0 Å². The largest absolute Gasteiger partial charge is 0.463 e. The number of cyclic esters (lactones) is 1. The van der Waals surface area contributed by atoms with E-state index in [0.29, 0.717) is 32.2 Å². The Hall–Kier alpha value is -2.67. The van der Waals surface area contributed by atoms with Gasteiger partial charge in [0.15, 0.2) is 0 Å². The average molecular weight is 457 g/mol. The van der Waals surface area contributed by atoms with E-state index < -0.39 is 5.92 Å². The zero-order valence-electron chi connectivity index (χ0n) is 19.4. The number of aliphatic hydroxyl groups excluding tert-OH is 1. The molecule has 0 saturated carbocycles. The molecule has 1 saturated heterocycles. The maximum Gasteiger partial charge on any atom is 0.309 e. The number of rotatable bonds is 6. The van der Waals surface area contributed by atoms with Gasteiger partial charge in [0.25, 0.3) is 0 Å². The van der Waals surface area contributed by atoms with E-state index >= 15 is 0 Å². The van der Waals surface area contributed by atoms with Gasteiger partial charge in [-0.25, -0.2) is 0 Å². The van der Waals surface area contributed by atoms with Crippen LogP contribution in [0.15, 0.2) is 42.5 Å². The fourth-order valence-corrected chi connectivity index (χ4v) is 4.58. The normalized spacial score (nSPS) is 25.3. The van der Waals surface area contributed by atoms with Crippen molar-refractivity contribution in [2.75, 3.05) is 19.8 Å². The number of benzene rings is 1. The lowest BCUT2D eigenvalue weighted by atomic mass is 9.94. The minimum Gasteiger partial charge on any atom is -0.463 e. The second-order valence-electron chi connectivity index (χ2n) is 9.18. The number of hydrogen-bond acceptors (Lipinski definition) is 5. The Morgan fingerprint density at radius 3 is 2.73 bits per heavy atom. The number of ether oxygens (including phenoxy) is 1. The number of amides is 2. The zero-order valence-corrected chi connectivity index (χ0v) is 19.4. The molecule has 0 bridgehead atoms. The SMILES string of the molecule is CC(CO)NC(=O)CC1CC=CCCC(Cc2ccccc2)C(=O)OCC2CCCN2C1=O. The third-order valence-electron chi connectivity index (χ3n) is 6.47. The van der Waals surface area contributed by atoms with Crippen LogP contribution in [0.4, 0.5) is 0 Å². The van der Waals surface area contributed by atoms with Crippen LogP contribution < -0.4 is 5.32 Å². The number of carbonyl (C=O) groups is 3. The highest BCUT2D eigenvalue weighted by Crippen LogP contribution is 2.25. The van der Waals surface area contributed by atoms with Crippen LogP contribution in [-0.2, 0) is 25.5 Å². The molecular weight excluding hydrogens is 420 g/mol. The molecule has 4 atom stereocenters. The average Bonchev–Trinajstić information content (AvgIpc) is 3.29. The second-order valence-corrected chi connectivity index (χ2v) is 9.18. The molecule has 1 aromatic rings. The predicted molar refractivity (Wildman–Crippen MR) is 125 cm³/mol. The van der Waals surface area contributed by atoms with Crippen molar-refractivity contribution in [3.8, 4) is 0 Å². The van der Waals surface area contributed by atoms with Crippen LogP contribution in [-0.4, -0.2) is 59.6 Å². The Kier molecular flexibility index (Phi) is 9.48. The van der Waals surface area contributed by atoms with Crippen molar-refractivity contribution in [3.05, 3.63) is 48.0 Å². The van der Waals surface area contributed by atoms with Gasteiger partial charge in [0.2, 0.25) is 11.8 Å². The van der Waals surface area contributed by atoms with Crippen molar-refractivity contribution in [1.82, 2.24) is 10.2 Å². The quantitative estimate of drug-likeness (QED) is 0.507. The summed E-state index contributed by atoms with van der Waals surface area (Å²) in [6.07, 6.45) is 8.16. The summed E-state index contributed by atoms with van der Waals surface area (Å²) < 4.78 is 5.72. The Morgan fingerprint density at radius 2 is 1.97 bits per heavy atom. The lowest BCUT2D eigenvalue weighted by molar-refractivity contribution is -0.152. The maximum absolute atomic E-state index is 13.3. The molecule has 2 N–H and O–H groups in total. The van der Waals surface area contributed by atoms with E-state index in [0.717, 1.165) is 18.4 Å². The first kappa shape index (κ1) is 25.0. The molecule has 2 amide bonds. The Balaban J connectivity index is 1.72. The minimum atomic E-state index is -0.468. The molecule has 0 radical (unpaired) electrons. The molecule has 1 fully saturated rings. The van der Waals surface area contributed by atoms with Crippen molar-refractivity contribution in [3.63, 3.8) is 0 Å². The highest BCUT2D eigenvalue weighted by Gasteiger charge is 2.35. The number of nitrogens with zero attached hydrogens (tertiary/aromatic N) is 1. The first-order valence-electron chi connectivity index (χ1n) is 12.0. The third-order valence-corrected chi connectivity index (χ3v) is 6.47. The summed E-state index contributed by atoms with van der Waals surface area (Å²) in [5.41, 5.74) is 1.11. The zero-order chi connectivity index (χ0) is 23.6. The van der Waals surface area contributed by atoms with Gasteiger partial charge in [0.1, 0.15) is 6.61 Å². The number of allylic oxidation sites excluding steroid dienone is 2. The smallest absolute Gasteiger partial charge is 0.309 e. The van der Waals surface area contributed by atoms with E-state index in [4.69, 9.17) is 4.74 Å². The number of carbonyl (C=O) groups excluding carboxylic acids is 3. The molecule has 4 unspecified atom stereocenters. The van der Waals surface area contributed by atoms with Gasteiger partial charge in [-0.2, -0.15) is 0 Å². The summed E-state index contributed by atoms with van der Waals surface area (Å²) in [4.78, 5) is 40.4. The molecule has 0 aromatic heterocycles. The maximum atomic E-state index is 13.3. The Morgan fingerprint density at radius 1 is 1.18 bits per heavy atom. The van der Waals surface area contributed by atoms with Gasteiger partial charge >= 0.3 is 5.97 Å². The van der Waals surface area contributed by atoms with Gasteiger partial charge in [0, 0.05) is 19.0 Å². The first-order chi connectivity index (χ1) is 16.0. The van der Waals surface area contributed by atoms with Crippen LogP contribution in [0, 0.1) is 11.8 Å². The molecule has 0 aliphatic carbocycles. The fraction of sp³-hybridized carbons (Fsp3) is 0.577. The number of fused-ring (bicyclic) bond motifs is 1. The molecule has 2 heterocycles. The Bertz CT molecular complexity index is 825. The molecule has 2 aliphatic rings. The van der Waals surface area contributed by atoms with E-state index in [2.05, 4.69) is 5.32 Å². The van der Waals surface area contributed by atoms with Crippen LogP contribution in [0.2, 0.25) is 0 Å². The van der Waals surface area contributed by atoms with Crippen LogP contribution in [0.3, 0.4) is 0 Å². The topological polar surface area (TPSA) is 95.9 Å². The van der Waals surface area contributed by atoms with E-state index in [1.165, 1.54) is 0 Å². The van der Waals surface area contributed by atoms with Crippen LogP contribution in [0.5, 0.6) is 0 Å². The van der Waals surface area contributed by atoms with Crippen LogP contribution in [0.1, 0.15) is 51.0 Å². The molecule has 7 heteroatoms. The molecule has 2 aliphatic heterocycles. The number of hydrogen-bond donors (Lipinski definition) is 2. The van der Waals surface area contributed by atoms with Crippen molar-refractivity contribution >= 4 is 17.8 Å². The van der Waals surface area contributed by atoms with E-state index in [1.807, 2.05) is 42.5 Å². The summed E-state index contributed by atoms with van der Waals surface area (Å²) in [6.45, 7) is 2.39. The fourth-order valence-electron chi connectivity index (χ4n) is 4.58. The molecule has 0 spiro atoms. The number of aliphatic hydroxyl groups is 1. The van der Waals surface area contributed by atoms with Crippen molar-refractivity contribution in [2.24, 2.45) is 11.8 Å². The summed E-state index contributed by atoms with van der Waals surface area (Å²) in [7, 11) is 0. The minimum absolute atomic E-state index is 0.0647. The van der Waals surface area contributed by atoms with Gasteiger partial charge in [-0.1, -0.05) is 42.5 Å². The third kappa shape index (κ3) is 7.42. The highest BCUT2D eigenvalue weighted by atomic mass is 16.5. The Labute approximate surface area is 196 Å². The van der Waals surface area contributed by atoms with Crippen LogP contribution >= 0.6 is 0 Å². The summed E-state index contributed by atoms with van der Waals surface area (Å²) in [5.74, 6) is -1.21. The van der Waals surface area contributed by atoms with E-state index in [1.54, 1.807) is 11.8 Å². The monoisotopic (exact) mass is 456 g/mol. The lowest BCUT2D eigenvalue weighted by Crippen LogP contribution is -2.44. The molecule has 7 nitrogen and oxygen atoms in total. The van der Waals surface area contributed by atoms with E-state index in [-0.39, 0.29) is 55.4 Å². The van der Waals surface area contributed by atoms with Crippen molar-refractivity contribution in [2.45, 2.75) is 64.0 Å².